The smallest absolute Gasteiger partial charge is 0.341 e. The molecule has 0 unspecified atom stereocenters. The van der Waals surface area contributed by atoms with Gasteiger partial charge in [0.15, 0.2) is 11.6 Å². The number of nitrogens with zero attached hydrogens (tertiary/aromatic N) is 1. The maximum absolute atomic E-state index is 13.5. The molecule has 2 rings (SSSR count). The molecular weight excluding hydrogens is 237 g/mol. The van der Waals surface area contributed by atoms with Crippen LogP contribution in [0.3, 0.4) is 0 Å². The van der Waals surface area contributed by atoms with Crippen molar-refractivity contribution in [1.82, 2.24) is 4.98 Å². The lowest BCUT2D eigenvalue weighted by atomic mass is 10.2. The second-order valence-corrected chi connectivity index (χ2v) is 3.71. The molecule has 0 fully saturated rings. The standard InChI is InChI=1S/C13H10FNO3/c1-8-2-3-10(14)12(6-8)18-11-4-5-15-7-9(11)13(16)17/h2-7H,1H3,(H,16,17). The van der Waals surface area contributed by atoms with E-state index in [-0.39, 0.29) is 17.1 Å². The quantitative estimate of drug-likeness (QED) is 0.905. The highest BCUT2D eigenvalue weighted by molar-refractivity contribution is 5.90. The molecule has 92 valence electrons. The Morgan fingerprint density at radius 1 is 1.33 bits per heavy atom. The van der Waals surface area contributed by atoms with Crippen LogP contribution in [0.15, 0.2) is 36.7 Å². The monoisotopic (exact) mass is 247 g/mol. The Balaban J connectivity index is 2.40. The van der Waals surface area contributed by atoms with Crippen LogP contribution in [0.1, 0.15) is 15.9 Å². The molecule has 18 heavy (non-hydrogen) atoms. The summed E-state index contributed by atoms with van der Waals surface area (Å²) in [6.45, 7) is 1.79. The maximum Gasteiger partial charge on any atom is 0.341 e. The lowest BCUT2D eigenvalue weighted by molar-refractivity contribution is 0.0693. The molecule has 0 bridgehead atoms. The fraction of sp³-hybridized carbons (Fsp3) is 0.0769. The van der Waals surface area contributed by atoms with Gasteiger partial charge in [0, 0.05) is 18.5 Å². The molecule has 0 saturated carbocycles. The van der Waals surface area contributed by atoms with Crippen LogP contribution in [0.4, 0.5) is 4.39 Å². The van der Waals surface area contributed by atoms with Crippen LogP contribution in [-0.2, 0) is 0 Å². The van der Waals surface area contributed by atoms with Gasteiger partial charge in [-0.05, 0) is 24.6 Å². The Hall–Kier alpha value is -2.43. The normalized spacial score (nSPS) is 10.1. The molecule has 0 atom stereocenters. The Kier molecular flexibility index (Phi) is 3.23. The number of rotatable bonds is 3. The molecule has 0 saturated heterocycles. The number of aromatic carboxylic acids is 1. The van der Waals surface area contributed by atoms with Crippen LogP contribution in [-0.4, -0.2) is 16.1 Å². The largest absolute Gasteiger partial charge is 0.477 e. The summed E-state index contributed by atoms with van der Waals surface area (Å²) in [5.41, 5.74) is 0.704. The van der Waals surface area contributed by atoms with E-state index in [1.165, 1.54) is 24.4 Å². The summed E-state index contributed by atoms with van der Waals surface area (Å²) in [4.78, 5) is 14.6. The van der Waals surface area contributed by atoms with Crippen molar-refractivity contribution in [2.24, 2.45) is 0 Å². The summed E-state index contributed by atoms with van der Waals surface area (Å²) in [6, 6.07) is 5.76. The highest BCUT2D eigenvalue weighted by atomic mass is 19.1. The molecule has 0 aliphatic carbocycles. The zero-order valence-electron chi connectivity index (χ0n) is 9.55. The summed E-state index contributed by atoms with van der Waals surface area (Å²) in [5, 5.41) is 8.95. The van der Waals surface area contributed by atoms with E-state index in [1.54, 1.807) is 13.0 Å². The number of ether oxygens (including phenoxy) is 1. The van der Waals surface area contributed by atoms with E-state index in [2.05, 4.69) is 4.98 Å². The fourth-order valence-electron chi connectivity index (χ4n) is 1.44. The van der Waals surface area contributed by atoms with Crippen molar-refractivity contribution in [3.63, 3.8) is 0 Å². The van der Waals surface area contributed by atoms with Gasteiger partial charge >= 0.3 is 5.97 Å². The minimum absolute atomic E-state index is 0.0105. The van der Waals surface area contributed by atoms with E-state index in [1.807, 2.05) is 0 Å². The van der Waals surface area contributed by atoms with Gasteiger partial charge in [0.1, 0.15) is 11.3 Å². The third-order valence-corrected chi connectivity index (χ3v) is 2.32. The first-order valence-corrected chi connectivity index (χ1v) is 5.19. The number of carboxylic acid groups (broad SMARTS) is 1. The van der Waals surface area contributed by atoms with Crippen LogP contribution in [0, 0.1) is 12.7 Å². The van der Waals surface area contributed by atoms with Gasteiger partial charge in [-0.15, -0.1) is 0 Å². The van der Waals surface area contributed by atoms with Crippen molar-refractivity contribution >= 4 is 5.97 Å². The van der Waals surface area contributed by atoms with Crippen LogP contribution in [0.25, 0.3) is 0 Å². The van der Waals surface area contributed by atoms with Crippen molar-refractivity contribution < 1.29 is 19.0 Å². The van der Waals surface area contributed by atoms with Crippen molar-refractivity contribution in [3.8, 4) is 11.5 Å². The summed E-state index contributed by atoms with van der Waals surface area (Å²) in [7, 11) is 0. The van der Waals surface area contributed by atoms with Gasteiger partial charge in [-0.2, -0.15) is 0 Å². The van der Waals surface area contributed by atoms with Crippen LogP contribution < -0.4 is 4.74 Å². The van der Waals surface area contributed by atoms with Gasteiger partial charge in [0.25, 0.3) is 0 Å². The third-order valence-electron chi connectivity index (χ3n) is 2.32. The number of carbonyl (C=O) groups is 1. The second-order valence-electron chi connectivity index (χ2n) is 3.71. The predicted molar refractivity (Wildman–Crippen MR) is 62.4 cm³/mol. The average Bonchev–Trinajstić information content (AvgIpc) is 2.34. The zero-order valence-corrected chi connectivity index (χ0v) is 9.55. The third kappa shape index (κ3) is 2.45. The van der Waals surface area contributed by atoms with Crippen LogP contribution >= 0.6 is 0 Å². The first-order chi connectivity index (χ1) is 8.58. The van der Waals surface area contributed by atoms with E-state index in [0.717, 1.165) is 11.8 Å². The van der Waals surface area contributed by atoms with Crippen molar-refractivity contribution in [2.75, 3.05) is 0 Å². The highest BCUT2D eigenvalue weighted by Crippen LogP contribution is 2.27. The number of hydrogen-bond acceptors (Lipinski definition) is 3. The summed E-state index contributed by atoms with van der Waals surface area (Å²) < 4.78 is 18.8. The van der Waals surface area contributed by atoms with Gasteiger partial charge in [0.05, 0.1) is 0 Å². The number of pyridine rings is 1. The fourth-order valence-corrected chi connectivity index (χ4v) is 1.44. The summed E-state index contributed by atoms with van der Waals surface area (Å²) >= 11 is 0. The Morgan fingerprint density at radius 2 is 2.11 bits per heavy atom. The van der Waals surface area contributed by atoms with Crippen molar-refractivity contribution in [1.29, 1.82) is 0 Å². The van der Waals surface area contributed by atoms with Crippen LogP contribution in [0.5, 0.6) is 11.5 Å². The first-order valence-electron chi connectivity index (χ1n) is 5.19. The van der Waals surface area contributed by atoms with Gasteiger partial charge in [-0.25, -0.2) is 9.18 Å². The molecule has 5 heteroatoms. The molecule has 2 aromatic rings. The lowest BCUT2D eigenvalue weighted by Gasteiger charge is -2.09. The second kappa shape index (κ2) is 4.83. The number of carboxylic acids is 1. The van der Waals surface area contributed by atoms with E-state index >= 15 is 0 Å². The van der Waals surface area contributed by atoms with E-state index in [0.29, 0.717) is 0 Å². The van der Waals surface area contributed by atoms with Crippen LogP contribution in [0.2, 0.25) is 0 Å². The van der Waals surface area contributed by atoms with Crippen molar-refractivity contribution in [2.45, 2.75) is 6.92 Å². The van der Waals surface area contributed by atoms with E-state index in [4.69, 9.17) is 9.84 Å². The molecule has 0 aliphatic heterocycles. The Bertz CT molecular complexity index is 599. The number of hydrogen-bond donors (Lipinski definition) is 1. The maximum atomic E-state index is 13.5. The molecule has 1 heterocycles. The average molecular weight is 247 g/mol. The SMILES string of the molecule is Cc1ccc(F)c(Oc2ccncc2C(=O)O)c1. The molecule has 0 aliphatic rings. The molecule has 1 N–H and O–H groups in total. The predicted octanol–water partition coefficient (Wildman–Crippen LogP) is 3.02. The van der Waals surface area contributed by atoms with Crippen molar-refractivity contribution in [3.05, 3.63) is 53.6 Å². The Labute approximate surface area is 103 Å². The first kappa shape index (κ1) is 12.0. The number of aromatic nitrogens is 1. The molecule has 0 amide bonds. The van der Waals surface area contributed by atoms with Gasteiger partial charge < -0.3 is 9.84 Å². The number of aryl methyl sites for hydroxylation is 1. The summed E-state index contributed by atoms with van der Waals surface area (Å²) in [6.07, 6.45) is 2.54. The highest BCUT2D eigenvalue weighted by Gasteiger charge is 2.13. The molecule has 1 aromatic carbocycles. The van der Waals surface area contributed by atoms with Gasteiger partial charge in [-0.1, -0.05) is 6.07 Å². The lowest BCUT2D eigenvalue weighted by Crippen LogP contribution is -2.01. The molecule has 0 radical (unpaired) electrons. The Morgan fingerprint density at radius 3 is 2.83 bits per heavy atom. The minimum Gasteiger partial charge on any atom is -0.477 e. The van der Waals surface area contributed by atoms with Gasteiger partial charge in [0.2, 0.25) is 0 Å². The molecule has 4 nitrogen and oxygen atoms in total. The zero-order chi connectivity index (χ0) is 13.1. The van der Waals surface area contributed by atoms with Gasteiger partial charge in [-0.3, -0.25) is 4.98 Å². The van der Waals surface area contributed by atoms with E-state index in [9.17, 15) is 9.18 Å². The molecule has 0 spiro atoms. The summed E-state index contributed by atoms with van der Waals surface area (Å²) in [5.74, 6) is -1.68. The number of halogens is 1. The number of benzene rings is 1. The molecule has 1 aromatic heterocycles. The van der Waals surface area contributed by atoms with E-state index < -0.39 is 11.8 Å². The molecular formula is C13H10FNO3. The minimum atomic E-state index is -1.17. The topological polar surface area (TPSA) is 59.4 Å².